The predicted octanol–water partition coefficient (Wildman–Crippen LogP) is 4.16. The van der Waals surface area contributed by atoms with Gasteiger partial charge in [-0.2, -0.15) is 5.10 Å². The number of nitrogens with zero attached hydrogens (tertiary/aromatic N) is 1. The van der Waals surface area contributed by atoms with E-state index in [-0.39, 0.29) is 0 Å². The quantitative estimate of drug-likeness (QED) is 0.146. The number of hydrogen-bond acceptors (Lipinski definition) is 6. The molecule has 0 saturated carbocycles. The molecule has 0 aliphatic rings. The van der Waals surface area contributed by atoms with Crippen molar-refractivity contribution >= 4 is 40.5 Å². The van der Waals surface area contributed by atoms with E-state index in [4.69, 9.17) is 9.47 Å². The first kappa shape index (κ1) is 23.2. The number of fused-ring (bicyclic) bond motifs is 1. The van der Waals surface area contributed by atoms with E-state index in [0.717, 1.165) is 10.8 Å². The number of nitrogens with one attached hydrogen (secondary N) is 2. The molecule has 0 heterocycles. The van der Waals surface area contributed by atoms with E-state index in [1.54, 1.807) is 54.6 Å². The van der Waals surface area contributed by atoms with E-state index >= 15 is 0 Å². The van der Waals surface area contributed by atoms with Crippen LogP contribution in [-0.4, -0.2) is 31.1 Å². The van der Waals surface area contributed by atoms with Crippen molar-refractivity contribution in [3.05, 3.63) is 102 Å². The predicted molar refractivity (Wildman–Crippen MR) is 133 cm³/mol. The summed E-state index contributed by atoms with van der Waals surface area (Å²) in [6.07, 6.45) is 1.37. The standard InChI is InChI=1S/C27H21N3O5/c1-34-24-12-5-4-11-23(24)29-25(31)26(32)30-28-17-18-13-15-20(16-14-18)35-27(33)22-10-6-8-19-7-2-3-9-21(19)22/h2-17H,1H3,(H,29,31)(H,30,32). The lowest BCUT2D eigenvalue weighted by molar-refractivity contribution is -0.136. The van der Waals surface area contributed by atoms with Crippen LogP contribution in [0.3, 0.4) is 0 Å². The lowest BCUT2D eigenvalue weighted by Gasteiger charge is -2.08. The zero-order valence-electron chi connectivity index (χ0n) is 18.7. The number of ether oxygens (including phenoxy) is 2. The number of amides is 2. The number of carbonyl (C=O) groups is 3. The third-order valence-electron chi connectivity index (χ3n) is 5.04. The monoisotopic (exact) mass is 467 g/mol. The molecule has 0 aromatic heterocycles. The van der Waals surface area contributed by atoms with Crippen LogP contribution in [0.4, 0.5) is 5.69 Å². The van der Waals surface area contributed by atoms with Gasteiger partial charge in [0.25, 0.3) is 0 Å². The Hall–Kier alpha value is -4.98. The number of esters is 1. The number of hydrogen-bond donors (Lipinski definition) is 2. The summed E-state index contributed by atoms with van der Waals surface area (Å²) in [5, 5.41) is 8.02. The molecule has 4 aromatic carbocycles. The van der Waals surface area contributed by atoms with Crippen LogP contribution >= 0.6 is 0 Å². The number of anilines is 1. The van der Waals surface area contributed by atoms with Crippen LogP contribution in [0.15, 0.2) is 96.1 Å². The Labute approximate surface area is 201 Å². The van der Waals surface area contributed by atoms with E-state index in [1.165, 1.54) is 13.3 Å². The maximum atomic E-state index is 12.7. The lowest BCUT2D eigenvalue weighted by Crippen LogP contribution is -2.32. The summed E-state index contributed by atoms with van der Waals surface area (Å²) in [4.78, 5) is 36.7. The molecule has 0 aliphatic heterocycles. The fourth-order valence-electron chi connectivity index (χ4n) is 3.33. The first-order valence-corrected chi connectivity index (χ1v) is 10.6. The Kier molecular flexibility index (Phi) is 7.13. The van der Waals surface area contributed by atoms with Gasteiger partial charge < -0.3 is 14.8 Å². The van der Waals surface area contributed by atoms with Gasteiger partial charge in [-0.1, -0.05) is 48.5 Å². The van der Waals surface area contributed by atoms with Crippen molar-refractivity contribution in [2.45, 2.75) is 0 Å². The van der Waals surface area contributed by atoms with Gasteiger partial charge in [-0.05, 0) is 58.8 Å². The summed E-state index contributed by atoms with van der Waals surface area (Å²) in [6, 6.07) is 26.3. The summed E-state index contributed by atoms with van der Waals surface area (Å²) in [5.41, 5.74) is 3.63. The second kappa shape index (κ2) is 10.8. The molecule has 0 fully saturated rings. The molecule has 2 N–H and O–H groups in total. The number of carbonyl (C=O) groups excluding carboxylic acids is 3. The van der Waals surface area contributed by atoms with Crippen molar-refractivity contribution < 1.29 is 23.9 Å². The third-order valence-corrected chi connectivity index (χ3v) is 5.04. The molecular formula is C27H21N3O5. The maximum absolute atomic E-state index is 12.7. The minimum absolute atomic E-state index is 0.361. The van der Waals surface area contributed by atoms with Gasteiger partial charge in [0.05, 0.1) is 24.6 Å². The summed E-state index contributed by atoms with van der Waals surface area (Å²) < 4.78 is 10.6. The van der Waals surface area contributed by atoms with Crippen LogP contribution in [0.2, 0.25) is 0 Å². The largest absolute Gasteiger partial charge is 0.495 e. The smallest absolute Gasteiger partial charge is 0.344 e. The molecule has 0 unspecified atom stereocenters. The van der Waals surface area contributed by atoms with Crippen molar-refractivity contribution in [1.82, 2.24) is 5.43 Å². The summed E-state index contributed by atoms with van der Waals surface area (Å²) in [6.45, 7) is 0. The average Bonchev–Trinajstić information content (AvgIpc) is 2.89. The van der Waals surface area contributed by atoms with Crippen molar-refractivity contribution in [2.24, 2.45) is 5.10 Å². The minimum atomic E-state index is -0.937. The van der Waals surface area contributed by atoms with E-state index in [2.05, 4.69) is 15.8 Å². The third kappa shape index (κ3) is 5.69. The molecule has 0 spiro atoms. The van der Waals surface area contributed by atoms with E-state index in [0.29, 0.717) is 28.3 Å². The van der Waals surface area contributed by atoms with Gasteiger partial charge in [0, 0.05) is 0 Å². The van der Waals surface area contributed by atoms with Crippen LogP contribution < -0.4 is 20.2 Å². The van der Waals surface area contributed by atoms with E-state index in [1.807, 2.05) is 36.4 Å². The second-order valence-corrected chi connectivity index (χ2v) is 7.34. The molecule has 0 radical (unpaired) electrons. The lowest BCUT2D eigenvalue weighted by atomic mass is 10.0. The Morgan fingerprint density at radius 3 is 2.31 bits per heavy atom. The zero-order chi connectivity index (χ0) is 24.6. The Bertz CT molecular complexity index is 1410. The molecule has 2 amide bonds. The highest BCUT2D eigenvalue weighted by molar-refractivity contribution is 6.39. The molecular weight excluding hydrogens is 446 g/mol. The first-order valence-electron chi connectivity index (χ1n) is 10.6. The molecule has 35 heavy (non-hydrogen) atoms. The Morgan fingerprint density at radius 2 is 1.51 bits per heavy atom. The molecule has 0 saturated heterocycles. The van der Waals surface area contributed by atoms with Gasteiger partial charge in [-0.15, -0.1) is 0 Å². The molecule has 0 aliphatic carbocycles. The van der Waals surface area contributed by atoms with Crippen molar-refractivity contribution in [3.63, 3.8) is 0 Å². The van der Waals surface area contributed by atoms with Crippen molar-refractivity contribution in [3.8, 4) is 11.5 Å². The molecule has 8 nitrogen and oxygen atoms in total. The molecule has 4 aromatic rings. The number of para-hydroxylation sites is 2. The topological polar surface area (TPSA) is 106 Å². The summed E-state index contributed by atoms with van der Waals surface area (Å²) >= 11 is 0. The highest BCUT2D eigenvalue weighted by atomic mass is 16.5. The molecule has 8 heteroatoms. The fourth-order valence-corrected chi connectivity index (χ4v) is 3.33. The SMILES string of the molecule is COc1ccccc1NC(=O)C(=O)NN=Cc1ccc(OC(=O)c2cccc3ccccc23)cc1. The van der Waals surface area contributed by atoms with Gasteiger partial charge in [0.15, 0.2) is 0 Å². The maximum Gasteiger partial charge on any atom is 0.344 e. The molecule has 4 rings (SSSR count). The molecule has 0 bridgehead atoms. The summed E-state index contributed by atoms with van der Waals surface area (Å²) in [5.74, 6) is -1.50. The zero-order valence-corrected chi connectivity index (χ0v) is 18.7. The van der Waals surface area contributed by atoms with Crippen LogP contribution in [0.5, 0.6) is 11.5 Å². The number of rotatable bonds is 6. The van der Waals surface area contributed by atoms with E-state index < -0.39 is 17.8 Å². The number of hydrazone groups is 1. The average molecular weight is 467 g/mol. The van der Waals surface area contributed by atoms with Crippen LogP contribution in [-0.2, 0) is 9.59 Å². The van der Waals surface area contributed by atoms with Crippen molar-refractivity contribution in [2.75, 3.05) is 12.4 Å². The van der Waals surface area contributed by atoms with E-state index in [9.17, 15) is 14.4 Å². The number of methoxy groups -OCH3 is 1. The van der Waals surface area contributed by atoms with Gasteiger partial charge in [0.2, 0.25) is 0 Å². The normalized spacial score (nSPS) is 10.7. The van der Waals surface area contributed by atoms with Gasteiger partial charge in [-0.3, -0.25) is 9.59 Å². The number of benzene rings is 4. The molecule has 174 valence electrons. The Balaban J connectivity index is 1.33. The fraction of sp³-hybridized carbons (Fsp3) is 0.0370. The minimum Gasteiger partial charge on any atom is -0.495 e. The highest BCUT2D eigenvalue weighted by Crippen LogP contribution is 2.23. The van der Waals surface area contributed by atoms with Crippen LogP contribution in [0, 0.1) is 0 Å². The highest BCUT2D eigenvalue weighted by Gasteiger charge is 2.15. The van der Waals surface area contributed by atoms with Gasteiger partial charge in [0.1, 0.15) is 11.5 Å². The first-order chi connectivity index (χ1) is 17.0. The van der Waals surface area contributed by atoms with Crippen LogP contribution in [0.25, 0.3) is 10.8 Å². The molecule has 0 atom stereocenters. The Morgan fingerprint density at radius 1 is 0.800 bits per heavy atom. The van der Waals surface area contributed by atoms with Gasteiger partial charge >= 0.3 is 17.8 Å². The van der Waals surface area contributed by atoms with Gasteiger partial charge in [-0.25, -0.2) is 10.2 Å². The second-order valence-electron chi connectivity index (χ2n) is 7.34. The summed E-state index contributed by atoms with van der Waals surface area (Å²) in [7, 11) is 1.46. The van der Waals surface area contributed by atoms with Crippen LogP contribution in [0.1, 0.15) is 15.9 Å². The van der Waals surface area contributed by atoms with Crippen molar-refractivity contribution in [1.29, 1.82) is 0 Å².